The lowest BCUT2D eigenvalue weighted by atomic mass is 10.1. The Hall–Kier alpha value is -3.12. The van der Waals surface area contributed by atoms with E-state index < -0.39 is 0 Å². The van der Waals surface area contributed by atoms with Crippen LogP contribution < -0.4 is 15.5 Å². The number of anilines is 2. The molecule has 0 fully saturated rings. The third-order valence-corrected chi connectivity index (χ3v) is 6.18. The van der Waals surface area contributed by atoms with Gasteiger partial charge in [-0.2, -0.15) is 0 Å². The van der Waals surface area contributed by atoms with E-state index in [2.05, 4.69) is 22.8 Å². The summed E-state index contributed by atoms with van der Waals surface area (Å²) in [7, 11) is 0. The van der Waals surface area contributed by atoms with Gasteiger partial charge in [0.1, 0.15) is 0 Å². The molecule has 0 saturated heterocycles. The van der Waals surface area contributed by atoms with Crippen molar-refractivity contribution in [1.82, 2.24) is 5.32 Å². The fourth-order valence-electron chi connectivity index (χ4n) is 3.65. The third-order valence-electron chi connectivity index (χ3n) is 5.24. The van der Waals surface area contributed by atoms with Gasteiger partial charge >= 0.3 is 6.03 Å². The SMILES string of the molecule is O=C(NCCc1cccs1)c1ccc(NC(=O)N2CCCCc3ccccc32)cc1. The quantitative estimate of drug-likeness (QED) is 0.605. The lowest BCUT2D eigenvalue weighted by Gasteiger charge is -2.23. The van der Waals surface area contributed by atoms with Crippen molar-refractivity contribution in [1.29, 1.82) is 0 Å². The standard InChI is InChI=1S/C24H25N3O2S/c28-23(25-15-14-21-8-5-17-30-21)19-10-12-20(13-11-19)26-24(29)27-16-4-3-7-18-6-1-2-9-22(18)27/h1-2,5-6,8-13,17H,3-4,7,14-16H2,(H,25,28)(H,26,29). The minimum Gasteiger partial charge on any atom is -0.352 e. The van der Waals surface area contributed by atoms with Crippen LogP contribution in [0, 0.1) is 0 Å². The maximum absolute atomic E-state index is 12.9. The molecule has 154 valence electrons. The molecule has 2 aromatic carbocycles. The Balaban J connectivity index is 1.35. The Bertz CT molecular complexity index is 1000. The predicted octanol–water partition coefficient (Wildman–Crippen LogP) is 5.10. The summed E-state index contributed by atoms with van der Waals surface area (Å²) in [5, 5.41) is 7.94. The van der Waals surface area contributed by atoms with Gasteiger partial charge in [-0.3, -0.25) is 9.69 Å². The number of rotatable bonds is 5. The van der Waals surface area contributed by atoms with Crippen LogP contribution in [0.4, 0.5) is 16.2 Å². The van der Waals surface area contributed by atoms with Crippen LogP contribution in [0.3, 0.4) is 0 Å². The Kier molecular flexibility index (Phi) is 6.44. The minimum absolute atomic E-state index is 0.106. The maximum atomic E-state index is 12.9. The summed E-state index contributed by atoms with van der Waals surface area (Å²) >= 11 is 1.69. The van der Waals surface area contributed by atoms with E-state index in [0.717, 1.165) is 31.4 Å². The first-order valence-electron chi connectivity index (χ1n) is 10.3. The highest BCUT2D eigenvalue weighted by Crippen LogP contribution is 2.26. The number of benzene rings is 2. The largest absolute Gasteiger partial charge is 0.352 e. The Morgan fingerprint density at radius 1 is 0.967 bits per heavy atom. The van der Waals surface area contributed by atoms with E-state index in [-0.39, 0.29) is 11.9 Å². The van der Waals surface area contributed by atoms with Gasteiger partial charge in [0.2, 0.25) is 0 Å². The zero-order chi connectivity index (χ0) is 20.8. The summed E-state index contributed by atoms with van der Waals surface area (Å²) in [5.41, 5.74) is 3.45. The highest BCUT2D eigenvalue weighted by molar-refractivity contribution is 7.09. The Morgan fingerprint density at radius 3 is 2.60 bits per heavy atom. The molecule has 30 heavy (non-hydrogen) atoms. The van der Waals surface area contributed by atoms with Crippen molar-refractivity contribution in [3.63, 3.8) is 0 Å². The monoisotopic (exact) mass is 419 g/mol. The third kappa shape index (κ3) is 4.89. The van der Waals surface area contributed by atoms with Gasteiger partial charge < -0.3 is 10.6 Å². The van der Waals surface area contributed by atoms with Gasteiger partial charge in [0.25, 0.3) is 5.91 Å². The fraction of sp³-hybridized carbons (Fsp3) is 0.250. The molecule has 1 aromatic heterocycles. The van der Waals surface area contributed by atoms with E-state index >= 15 is 0 Å². The molecule has 5 nitrogen and oxygen atoms in total. The summed E-state index contributed by atoms with van der Waals surface area (Å²) in [6.45, 7) is 1.31. The number of fused-ring (bicyclic) bond motifs is 1. The van der Waals surface area contributed by atoms with Crippen molar-refractivity contribution in [3.05, 3.63) is 82.0 Å². The molecule has 2 heterocycles. The lowest BCUT2D eigenvalue weighted by Crippen LogP contribution is -2.35. The van der Waals surface area contributed by atoms with Crippen molar-refractivity contribution < 1.29 is 9.59 Å². The zero-order valence-corrected chi connectivity index (χ0v) is 17.6. The molecule has 3 aromatic rings. The maximum Gasteiger partial charge on any atom is 0.326 e. The second-order valence-corrected chi connectivity index (χ2v) is 8.36. The van der Waals surface area contributed by atoms with Gasteiger partial charge in [-0.1, -0.05) is 24.3 Å². The van der Waals surface area contributed by atoms with E-state index in [1.54, 1.807) is 35.6 Å². The molecule has 1 aliphatic rings. The molecule has 0 spiro atoms. The number of amides is 3. The van der Waals surface area contributed by atoms with Gasteiger partial charge in [0.05, 0.1) is 0 Å². The normalized spacial score (nSPS) is 13.3. The van der Waals surface area contributed by atoms with Crippen LogP contribution >= 0.6 is 11.3 Å². The smallest absolute Gasteiger partial charge is 0.326 e. The first-order chi connectivity index (χ1) is 14.7. The van der Waals surface area contributed by atoms with Crippen LogP contribution in [0.5, 0.6) is 0 Å². The first-order valence-corrected chi connectivity index (χ1v) is 11.2. The molecule has 6 heteroatoms. The number of urea groups is 1. The van der Waals surface area contributed by atoms with Crippen LogP contribution in [0.1, 0.15) is 33.6 Å². The van der Waals surface area contributed by atoms with Crippen LogP contribution in [-0.4, -0.2) is 25.0 Å². The molecule has 0 aliphatic carbocycles. The molecule has 0 unspecified atom stereocenters. The van der Waals surface area contributed by atoms with E-state index in [1.807, 2.05) is 34.5 Å². The van der Waals surface area contributed by atoms with Crippen LogP contribution in [0.25, 0.3) is 0 Å². The number of hydrogen-bond donors (Lipinski definition) is 2. The van der Waals surface area contributed by atoms with E-state index in [9.17, 15) is 9.59 Å². The van der Waals surface area contributed by atoms with E-state index in [4.69, 9.17) is 0 Å². The summed E-state index contributed by atoms with van der Waals surface area (Å²) < 4.78 is 0. The molecule has 4 rings (SSSR count). The Labute approximate surface area is 180 Å². The fourth-order valence-corrected chi connectivity index (χ4v) is 4.36. The molecule has 0 bridgehead atoms. The summed E-state index contributed by atoms with van der Waals surface area (Å²) in [4.78, 5) is 28.3. The molecule has 1 aliphatic heterocycles. The summed E-state index contributed by atoms with van der Waals surface area (Å²) in [5.74, 6) is -0.106. The number of carbonyl (C=O) groups excluding carboxylic acids is 2. The van der Waals surface area contributed by atoms with Crippen molar-refractivity contribution >= 4 is 34.6 Å². The highest BCUT2D eigenvalue weighted by Gasteiger charge is 2.21. The molecule has 2 N–H and O–H groups in total. The van der Waals surface area contributed by atoms with Crippen LogP contribution in [0.15, 0.2) is 66.0 Å². The van der Waals surface area contributed by atoms with E-state index in [1.165, 1.54) is 10.4 Å². The number of aryl methyl sites for hydroxylation is 1. The number of thiophene rings is 1. The first kappa shape index (κ1) is 20.2. The molecular formula is C24H25N3O2S. The minimum atomic E-state index is -0.141. The second-order valence-electron chi connectivity index (χ2n) is 7.33. The van der Waals surface area contributed by atoms with Crippen LogP contribution in [0.2, 0.25) is 0 Å². The number of nitrogens with zero attached hydrogens (tertiary/aromatic N) is 1. The zero-order valence-electron chi connectivity index (χ0n) is 16.8. The van der Waals surface area contributed by atoms with E-state index in [0.29, 0.717) is 24.3 Å². The predicted molar refractivity (Wildman–Crippen MR) is 123 cm³/mol. The molecule has 0 atom stereocenters. The molecular weight excluding hydrogens is 394 g/mol. The van der Waals surface area contributed by atoms with Gasteiger partial charge in [-0.25, -0.2) is 4.79 Å². The highest BCUT2D eigenvalue weighted by atomic mass is 32.1. The average molecular weight is 420 g/mol. The molecule has 3 amide bonds. The van der Waals surface area contributed by atoms with Crippen molar-refractivity contribution in [2.24, 2.45) is 0 Å². The number of nitrogens with one attached hydrogen (secondary N) is 2. The molecule has 0 radical (unpaired) electrons. The van der Waals surface area contributed by atoms with Crippen LogP contribution in [-0.2, 0) is 12.8 Å². The van der Waals surface area contributed by atoms with Crippen molar-refractivity contribution in [2.75, 3.05) is 23.3 Å². The number of carbonyl (C=O) groups is 2. The topological polar surface area (TPSA) is 61.4 Å². The molecule has 0 saturated carbocycles. The van der Waals surface area contributed by atoms with Crippen molar-refractivity contribution in [2.45, 2.75) is 25.7 Å². The van der Waals surface area contributed by atoms with Gasteiger partial charge in [-0.15, -0.1) is 11.3 Å². The van der Waals surface area contributed by atoms with Crippen molar-refractivity contribution in [3.8, 4) is 0 Å². The summed E-state index contributed by atoms with van der Waals surface area (Å²) in [6.07, 6.45) is 3.88. The van der Waals surface area contributed by atoms with Gasteiger partial charge in [0, 0.05) is 34.9 Å². The van der Waals surface area contributed by atoms with Gasteiger partial charge in [0.15, 0.2) is 0 Å². The van der Waals surface area contributed by atoms with Gasteiger partial charge in [-0.05, 0) is 73.0 Å². The average Bonchev–Trinajstić information content (AvgIpc) is 3.19. The lowest BCUT2D eigenvalue weighted by molar-refractivity contribution is 0.0954. The summed E-state index contributed by atoms with van der Waals surface area (Å²) in [6, 6.07) is 19.1. The Morgan fingerprint density at radius 2 is 1.80 bits per heavy atom. The second kappa shape index (κ2) is 9.59. The number of para-hydroxylation sites is 1. The number of hydrogen-bond acceptors (Lipinski definition) is 3.